The first-order valence-corrected chi connectivity index (χ1v) is 10.3. The zero-order valence-corrected chi connectivity index (χ0v) is 17.5. The Hall–Kier alpha value is -3.08. The summed E-state index contributed by atoms with van der Waals surface area (Å²) in [6.45, 7) is 6.18. The van der Waals surface area contributed by atoms with E-state index in [0.717, 1.165) is 54.6 Å². The van der Waals surface area contributed by atoms with Crippen LogP contribution in [0.5, 0.6) is 0 Å². The molecule has 0 unspecified atom stereocenters. The second-order valence-electron chi connectivity index (χ2n) is 7.34. The van der Waals surface area contributed by atoms with Crippen molar-refractivity contribution in [1.82, 2.24) is 10.3 Å². The molecule has 2 aromatic rings. The number of fused-ring (bicyclic) bond motifs is 1. The first kappa shape index (κ1) is 20.6. The summed E-state index contributed by atoms with van der Waals surface area (Å²) >= 11 is 0. The quantitative estimate of drug-likeness (QED) is 0.516. The summed E-state index contributed by atoms with van der Waals surface area (Å²) in [5.41, 5.74) is 4.66. The van der Waals surface area contributed by atoms with Gasteiger partial charge in [-0.05, 0) is 62.6 Å². The number of aliphatic imine (C=N–C) groups is 1. The van der Waals surface area contributed by atoms with Gasteiger partial charge in [0.1, 0.15) is 0 Å². The third-order valence-electron chi connectivity index (χ3n) is 5.23. The molecule has 0 aliphatic carbocycles. The second-order valence-corrected chi connectivity index (χ2v) is 7.34. The van der Waals surface area contributed by atoms with Crippen LogP contribution >= 0.6 is 0 Å². The van der Waals surface area contributed by atoms with Gasteiger partial charge < -0.3 is 15.2 Å². The van der Waals surface area contributed by atoms with Gasteiger partial charge >= 0.3 is 0 Å². The lowest BCUT2D eigenvalue weighted by atomic mass is 10.1. The second kappa shape index (κ2) is 9.92. The van der Waals surface area contributed by atoms with E-state index >= 15 is 0 Å². The number of hydrogen-bond donors (Lipinski definition) is 2. The standard InChI is InChI=1S/C24H30N4O/c1-4-18(2)9-10-20(8-7-12-25-3)27-24(29)21-17-22-19(11-13-26-22)16-23(21)28-14-5-6-15-28/h7-13,16-17,26H,4-6,14-15H2,1-3H3,(H,27,29)/b8-7-,18-9+,20-10+,25-12?. The number of anilines is 1. The van der Waals surface area contributed by atoms with Crippen molar-refractivity contribution in [2.24, 2.45) is 4.99 Å². The van der Waals surface area contributed by atoms with Crippen molar-refractivity contribution in [2.75, 3.05) is 25.0 Å². The molecule has 1 aliphatic heterocycles. The van der Waals surface area contributed by atoms with Crippen molar-refractivity contribution >= 4 is 28.7 Å². The SMILES string of the molecule is CC/C(C)=C/C=C(\C=C/C=NC)NC(=O)c1cc2[nH]ccc2cc1N1CCCC1. The van der Waals surface area contributed by atoms with Crippen LogP contribution in [0, 0.1) is 0 Å². The normalized spacial score (nSPS) is 15.9. The molecule has 2 heterocycles. The number of aromatic nitrogens is 1. The number of amides is 1. The summed E-state index contributed by atoms with van der Waals surface area (Å²) in [6, 6.07) is 6.13. The average Bonchev–Trinajstić information content (AvgIpc) is 3.41. The number of carbonyl (C=O) groups excluding carboxylic acids is 1. The highest BCUT2D eigenvalue weighted by atomic mass is 16.1. The van der Waals surface area contributed by atoms with Gasteiger partial charge in [-0.3, -0.25) is 9.79 Å². The molecule has 2 N–H and O–H groups in total. The highest BCUT2D eigenvalue weighted by molar-refractivity contribution is 6.05. The van der Waals surface area contributed by atoms with E-state index in [-0.39, 0.29) is 5.91 Å². The van der Waals surface area contributed by atoms with Crippen LogP contribution in [0.1, 0.15) is 43.5 Å². The summed E-state index contributed by atoms with van der Waals surface area (Å²) in [5, 5.41) is 4.21. The monoisotopic (exact) mass is 390 g/mol. The molecule has 1 aromatic heterocycles. The van der Waals surface area contributed by atoms with E-state index in [0.29, 0.717) is 5.56 Å². The summed E-state index contributed by atoms with van der Waals surface area (Å²) in [6.07, 6.45) is 14.6. The Morgan fingerprint density at radius 3 is 2.79 bits per heavy atom. The first-order valence-electron chi connectivity index (χ1n) is 10.3. The maximum absolute atomic E-state index is 13.3. The van der Waals surface area contributed by atoms with Gasteiger partial charge in [-0.1, -0.05) is 18.6 Å². The minimum Gasteiger partial charge on any atom is -0.371 e. The van der Waals surface area contributed by atoms with Gasteiger partial charge in [-0.25, -0.2) is 0 Å². The molecule has 1 amide bonds. The van der Waals surface area contributed by atoms with E-state index in [4.69, 9.17) is 0 Å². The molecule has 1 aromatic carbocycles. The fourth-order valence-corrected chi connectivity index (χ4v) is 3.41. The van der Waals surface area contributed by atoms with Gasteiger partial charge in [0, 0.05) is 49.1 Å². The van der Waals surface area contributed by atoms with Crippen LogP contribution in [0.3, 0.4) is 0 Å². The minimum atomic E-state index is -0.102. The Labute approximate surface area is 172 Å². The number of hydrogen-bond acceptors (Lipinski definition) is 3. The van der Waals surface area contributed by atoms with Crippen LogP contribution in [-0.2, 0) is 0 Å². The molecule has 1 aliphatic rings. The summed E-state index contributed by atoms with van der Waals surface area (Å²) in [5.74, 6) is -0.102. The van der Waals surface area contributed by atoms with Crippen LogP contribution in [-0.4, -0.2) is 37.2 Å². The number of aromatic amines is 1. The Balaban J connectivity index is 1.94. The van der Waals surface area contributed by atoms with Gasteiger partial charge in [0.2, 0.25) is 0 Å². The van der Waals surface area contributed by atoms with Gasteiger partial charge in [0.05, 0.1) is 11.3 Å². The number of nitrogens with zero attached hydrogens (tertiary/aromatic N) is 2. The lowest BCUT2D eigenvalue weighted by Gasteiger charge is -2.21. The lowest BCUT2D eigenvalue weighted by molar-refractivity contribution is 0.0968. The summed E-state index contributed by atoms with van der Waals surface area (Å²) < 4.78 is 0. The summed E-state index contributed by atoms with van der Waals surface area (Å²) in [4.78, 5) is 22.8. The molecule has 0 bridgehead atoms. The number of rotatable bonds is 7. The fraction of sp³-hybridized carbons (Fsp3) is 0.333. The largest absolute Gasteiger partial charge is 0.371 e. The van der Waals surface area contributed by atoms with Crippen LogP contribution in [0.2, 0.25) is 0 Å². The van der Waals surface area contributed by atoms with Crippen molar-refractivity contribution < 1.29 is 4.79 Å². The highest BCUT2D eigenvalue weighted by Crippen LogP contribution is 2.29. The Morgan fingerprint density at radius 1 is 1.28 bits per heavy atom. The molecule has 152 valence electrons. The third kappa shape index (κ3) is 5.25. The van der Waals surface area contributed by atoms with E-state index in [1.54, 1.807) is 13.3 Å². The molecule has 5 heteroatoms. The van der Waals surface area contributed by atoms with E-state index in [2.05, 4.69) is 40.1 Å². The molecule has 1 fully saturated rings. The van der Waals surface area contributed by atoms with Crippen molar-refractivity contribution in [2.45, 2.75) is 33.1 Å². The molecule has 0 saturated carbocycles. The first-order chi connectivity index (χ1) is 14.1. The predicted molar refractivity (Wildman–Crippen MR) is 123 cm³/mol. The molecule has 0 atom stereocenters. The number of H-pyrrole nitrogens is 1. The van der Waals surface area contributed by atoms with Crippen LogP contribution < -0.4 is 10.2 Å². The maximum Gasteiger partial charge on any atom is 0.257 e. The van der Waals surface area contributed by atoms with Gasteiger partial charge in [-0.2, -0.15) is 0 Å². The van der Waals surface area contributed by atoms with Crippen molar-refractivity contribution in [1.29, 1.82) is 0 Å². The molecule has 1 saturated heterocycles. The zero-order chi connectivity index (χ0) is 20.6. The molecule has 0 spiro atoms. The smallest absolute Gasteiger partial charge is 0.257 e. The van der Waals surface area contributed by atoms with E-state index in [9.17, 15) is 4.79 Å². The maximum atomic E-state index is 13.3. The summed E-state index contributed by atoms with van der Waals surface area (Å²) in [7, 11) is 1.72. The molecule has 5 nitrogen and oxygen atoms in total. The number of nitrogens with one attached hydrogen (secondary N) is 2. The Morgan fingerprint density at radius 2 is 2.07 bits per heavy atom. The molecule has 3 rings (SSSR count). The van der Waals surface area contributed by atoms with E-state index in [1.165, 1.54) is 5.57 Å². The van der Waals surface area contributed by atoms with E-state index in [1.807, 2.05) is 42.6 Å². The lowest BCUT2D eigenvalue weighted by Crippen LogP contribution is -2.26. The zero-order valence-electron chi connectivity index (χ0n) is 17.5. The van der Waals surface area contributed by atoms with Gasteiger partial charge in [0.25, 0.3) is 5.91 Å². The topological polar surface area (TPSA) is 60.5 Å². The number of carbonyl (C=O) groups is 1. The van der Waals surface area contributed by atoms with Crippen LogP contribution in [0.4, 0.5) is 5.69 Å². The Kier molecular flexibility index (Phi) is 7.06. The Bertz CT molecular complexity index is 972. The van der Waals surface area contributed by atoms with Gasteiger partial charge in [-0.15, -0.1) is 0 Å². The number of benzene rings is 1. The predicted octanol–water partition coefficient (Wildman–Crippen LogP) is 4.99. The van der Waals surface area contributed by atoms with E-state index < -0.39 is 0 Å². The minimum absolute atomic E-state index is 0.102. The molecular formula is C24H30N4O. The van der Waals surface area contributed by atoms with Crippen molar-refractivity contribution in [3.63, 3.8) is 0 Å². The highest BCUT2D eigenvalue weighted by Gasteiger charge is 2.21. The number of allylic oxidation sites excluding steroid dienone is 5. The average molecular weight is 391 g/mol. The van der Waals surface area contributed by atoms with Crippen molar-refractivity contribution in [3.05, 3.63) is 65.5 Å². The van der Waals surface area contributed by atoms with Gasteiger partial charge in [0.15, 0.2) is 0 Å². The molecular weight excluding hydrogens is 360 g/mol. The molecule has 0 radical (unpaired) electrons. The molecule has 29 heavy (non-hydrogen) atoms. The van der Waals surface area contributed by atoms with Crippen LogP contribution in [0.25, 0.3) is 10.9 Å². The third-order valence-corrected chi connectivity index (χ3v) is 5.23. The fourth-order valence-electron chi connectivity index (χ4n) is 3.41. The van der Waals surface area contributed by atoms with Crippen LogP contribution in [0.15, 0.2) is 65.0 Å². The van der Waals surface area contributed by atoms with Crippen molar-refractivity contribution in [3.8, 4) is 0 Å².